The maximum atomic E-state index is 13.9. The lowest BCUT2D eigenvalue weighted by molar-refractivity contribution is -0.210. The summed E-state index contributed by atoms with van der Waals surface area (Å²) in [6, 6.07) is 9.04. The van der Waals surface area contributed by atoms with Crippen molar-refractivity contribution in [2.45, 2.75) is 84.1 Å². The summed E-state index contributed by atoms with van der Waals surface area (Å²) in [6.45, 7) is 13.1. The molecule has 1 unspecified atom stereocenters. The summed E-state index contributed by atoms with van der Waals surface area (Å²) in [7, 11) is 1.28. The van der Waals surface area contributed by atoms with Crippen molar-refractivity contribution in [3.8, 4) is 0 Å². The normalized spacial score (nSPS) is 39.1. The molecular weight excluding hydrogens is 620 g/mol. The van der Waals surface area contributed by atoms with Crippen LogP contribution in [0.2, 0.25) is 0 Å². The summed E-state index contributed by atoms with van der Waals surface area (Å²) in [5.41, 5.74) is -3.02. The van der Waals surface area contributed by atoms with E-state index in [1.54, 1.807) is 44.2 Å². The molecule has 11 heteroatoms. The van der Waals surface area contributed by atoms with Crippen LogP contribution in [0, 0.1) is 34.0 Å². The molecule has 1 spiro atoms. The number of ether oxygens (including phenoxy) is 5. The molecule has 10 atom stereocenters. The number of aliphatic hydroxyl groups is 1. The number of epoxide rings is 1. The molecule has 3 aliphatic carbocycles. The number of rotatable bonds is 8. The van der Waals surface area contributed by atoms with E-state index in [0.29, 0.717) is 17.6 Å². The Morgan fingerprint density at radius 1 is 1.04 bits per heavy atom. The van der Waals surface area contributed by atoms with Gasteiger partial charge in [-0.05, 0) is 35.6 Å². The van der Waals surface area contributed by atoms with E-state index in [1.807, 2.05) is 19.9 Å². The highest BCUT2D eigenvalue weighted by Gasteiger charge is 2.84. The molecule has 1 saturated heterocycles. The fourth-order valence-electron chi connectivity index (χ4n) is 9.49. The van der Waals surface area contributed by atoms with Crippen molar-refractivity contribution in [2.75, 3.05) is 7.11 Å². The number of methoxy groups -OCH3 is 1. The number of aliphatic hydroxyl groups excluding tert-OH is 1. The van der Waals surface area contributed by atoms with Crippen molar-refractivity contribution in [1.29, 1.82) is 0 Å². The second-order valence-electron chi connectivity index (χ2n) is 14.6. The molecule has 0 bridgehead atoms. The minimum Gasteiger partial charge on any atom is -0.469 e. The van der Waals surface area contributed by atoms with Gasteiger partial charge in [0.25, 0.3) is 0 Å². The molecule has 6 rings (SSSR count). The van der Waals surface area contributed by atoms with Gasteiger partial charge in [-0.15, -0.1) is 0 Å². The van der Waals surface area contributed by atoms with E-state index < -0.39 is 88.1 Å². The predicted molar refractivity (Wildman–Crippen MR) is 168 cm³/mol. The van der Waals surface area contributed by atoms with E-state index in [0.717, 1.165) is 0 Å². The average Bonchev–Trinajstić information content (AvgIpc) is 3.57. The number of hydrogen-bond acceptors (Lipinski definition) is 11. The quantitative estimate of drug-likeness (QED) is 0.188. The third kappa shape index (κ3) is 4.88. The smallest absolute Gasteiger partial charge is 0.336 e. The molecule has 0 amide bonds. The van der Waals surface area contributed by atoms with E-state index in [1.165, 1.54) is 26.2 Å². The van der Waals surface area contributed by atoms with Crippen LogP contribution in [0.15, 0.2) is 66.3 Å². The summed E-state index contributed by atoms with van der Waals surface area (Å²) in [6.07, 6.45) is 0.416. The van der Waals surface area contributed by atoms with Gasteiger partial charge in [0.15, 0.2) is 5.78 Å². The maximum Gasteiger partial charge on any atom is 0.336 e. The minimum absolute atomic E-state index is 0.0824. The molecule has 1 aromatic rings. The summed E-state index contributed by atoms with van der Waals surface area (Å²) >= 11 is 0. The van der Waals surface area contributed by atoms with E-state index >= 15 is 0 Å². The number of ketones is 1. The average molecular weight is 663 g/mol. The molecule has 11 nitrogen and oxygen atoms in total. The fraction of sp³-hybridized carbons (Fsp3) is 0.541. The lowest BCUT2D eigenvalue weighted by Crippen LogP contribution is -2.67. The zero-order valence-corrected chi connectivity index (χ0v) is 28.0. The number of cyclic esters (lactones) is 1. The van der Waals surface area contributed by atoms with E-state index in [-0.39, 0.29) is 24.2 Å². The lowest BCUT2D eigenvalue weighted by atomic mass is 9.46. The van der Waals surface area contributed by atoms with Crippen molar-refractivity contribution in [3.05, 3.63) is 71.8 Å². The van der Waals surface area contributed by atoms with Crippen molar-refractivity contribution >= 4 is 29.7 Å². The Kier molecular flexibility index (Phi) is 8.11. The van der Waals surface area contributed by atoms with Gasteiger partial charge >= 0.3 is 23.9 Å². The van der Waals surface area contributed by atoms with Gasteiger partial charge in [-0.25, -0.2) is 4.79 Å². The lowest BCUT2D eigenvalue weighted by Gasteiger charge is -2.59. The van der Waals surface area contributed by atoms with Gasteiger partial charge in [0, 0.05) is 35.2 Å². The molecular formula is C37H42O11. The molecule has 0 aromatic heterocycles. The van der Waals surface area contributed by atoms with Crippen molar-refractivity contribution in [3.63, 3.8) is 0 Å². The number of esters is 4. The number of hydrogen-bond donors (Lipinski definition) is 1. The van der Waals surface area contributed by atoms with Crippen LogP contribution in [0.1, 0.15) is 53.0 Å². The largest absolute Gasteiger partial charge is 0.469 e. The Morgan fingerprint density at radius 3 is 2.33 bits per heavy atom. The van der Waals surface area contributed by atoms with Gasteiger partial charge in [-0.1, -0.05) is 70.7 Å². The van der Waals surface area contributed by atoms with Crippen molar-refractivity contribution in [1.82, 2.24) is 0 Å². The van der Waals surface area contributed by atoms with Crippen LogP contribution in [-0.2, 0) is 54.1 Å². The summed E-state index contributed by atoms with van der Waals surface area (Å²) in [5, 5.41) is 10.2. The molecule has 48 heavy (non-hydrogen) atoms. The van der Waals surface area contributed by atoms with Crippen molar-refractivity contribution in [2.24, 2.45) is 34.0 Å². The third-order valence-electron chi connectivity index (χ3n) is 11.8. The van der Waals surface area contributed by atoms with Crippen LogP contribution in [0.3, 0.4) is 0 Å². The van der Waals surface area contributed by atoms with E-state index in [2.05, 4.69) is 6.58 Å². The molecule has 2 aliphatic heterocycles. The minimum atomic E-state index is -1.43. The molecule has 2 saturated carbocycles. The first-order chi connectivity index (χ1) is 22.5. The highest BCUT2D eigenvalue weighted by Crippen LogP contribution is 2.76. The van der Waals surface area contributed by atoms with Crippen LogP contribution in [0.5, 0.6) is 0 Å². The van der Waals surface area contributed by atoms with Crippen LogP contribution < -0.4 is 0 Å². The number of allylic oxidation sites excluding steroid dienone is 2. The topological polar surface area (TPSA) is 155 Å². The zero-order chi connectivity index (χ0) is 35.0. The summed E-state index contributed by atoms with van der Waals surface area (Å²) in [5.74, 6) is -4.76. The Morgan fingerprint density at radius 2 is 1.73 bits per heavy atom. The Labute approximate surface area is 279 Å². The third-order valence-corrected chi connectivity index (χ3v) is 11.8. The standard InChI is InChI=1S/C37H42O11/c1-19-30(35(5)14-13-25(39)34(3,4)24(35)18-27(40)44-7)31(45-20(2)38)32(46-28(41)15-21-11-9-8-10-12-21)36(6)23(17-26-37(19,36)48-26)22-16-29(42)47-33(22)43/h8-14,16,23-24,26,29-32,42H,1,15,17-18H2,2-7H3/t23-,24-,26+,29?,30+,31+,32-,35-,36+,37+/m0/s1. The maximum absolute atomic E-state index is 13.9. The van der Waals surface area contributed by atoms with Crippen LogP contribution in [0.25, 0.3) is 0 Å². The number of benzene rings is 1. The number of carbonyl (C=O) groups excluding carboxylic acids is 5. The molecule has 1 aromatic carbocycles. The van der Waals surface area contributed by atoms with Gasteiger partial charge in [-0.2, -0.15) is 0 Å². The summed E-state index contributed by atoms with van der Waals surface area (Å²) < 4.78 is 29.3. The SMILES string of the molecule is C=C1[C@@H]([C@@]2(C)C=CC(=O)C(C)(C)[C@@H]2CC(=O)OC)[C@@H](OC(C)=O)[C@H](OC(=O)Cc2ccccc2)[C@@]2(C)[C@H](C3=CC(O)OC3=O)C[C@H]3O[C@]132. The van der Waals surface area contributed by atoms with Crippen molar-refractivity contribution < 1.29 is 52.8 Å². The molecule has 1 N–H and O–H groups in total. The van der Waals surface area contributed by atoms with Gasteiger partial charge in [0.2, 0.25) is 6.29 Å². The summed E-state index contributed by atoms with van der Waals surface area (Å²) in [4.78, 5) is 66.1. The Balaban J connectivity index is 1.54. The molecule has 0 radical (unpaired) electrons. The van der Waals surface area contributed by atoms with Crippen LogP contribution >= 0.6 is 0 Å². The number of carbonyl (C=O) groups is 5. The highest BCUT2D eigenvalue weighted by atomic mass is 16.6. The Hall–Kier alpha value is -4.09. The van der Waals surface area contributed by atoms with Gasteiger partial charge in [0.1, 0.15) is 17.8 Å². The second kappa shape index (κ2) is 11.5. The molecule has 2 heterocycles. The molecule has 3 fully saturated rings. The molecule has 256 valence electrons. The predicted octanol–water partition coefficient (Wildman–Crippen LogP) is 3.57. The first-order valence-corrected chi connectivity index (χ1v) is 16.2. The zero-order valence-electron chi connectivity index (χ0n) is 28.0. The van der Waals surface area contributed by atoms with E-state index in [9.17, 15) is 29.1 Å². The monoisotopic (exact) mass is 662 g/mol. The second-order valence-corrected chi connectivity index (χ2v) is 14.6. The van der Waals surface area contributed by atoms with Gasteiger partial charge in [0.05, 0.1) is 31.5 Å². The van der Waals surface area contributed by atoms with E-state index in [4.69, 9.17) is 23.7 Å². The van der Waals surface area contributed by atoms with Crippen LogP contribution in [0.4, 0.5) is 0 Å². The van der Waals surface area contributed by atoms with Gasteiger partial charge in [-0.3, -0.25) is 19.2 Å². The van der Waals surface area contributed by atoms with Gasteiger partial charge < -0.3 is 28.8 Å². The Bertz CT molecular complexity index is 1640. The molecule has 5 aliphatic rings. The first-order valence-electron chi connectivity index (χ1n) is 16.2. The first kappa shape index (κ1) is 33.8. The highest BCUT2D eigenvalue weighted by molar-refractivity contribution is 5.96. The van der Waals surface area contributed by atoms with Crippen LogP contribution in [-0.4, -0.2) is 72.1 Å². The fourth-order valence-corrected chi connectivity index (χ4v) is 9.49.